The van der Waals surface area contributed by atoms with E-state index in [1.165, 1.54) is 0 Å². The van der Waals surface area contributed by atoms with Gasteiger partial charge in [0.1, 0.15) is 0 Å². The second-order valence-electron chi connectivity index (χ2n) is 13.2. The van der Waals surface area contributed by atoms with Gasteiger partial charge < -0.3 is 0 Å². The molecule has 5 heteroatoms. The van der Waals surface area contributed by atoms with Gasteiger partial charge in [0.05, 0.1) is 0 Å². The van der Waals surface area contributed by atoms with Crippen molar-refractivity contribution in [3.63, 3.8) is 0 Å². The molecule has 0 aromatic heterocycles. The average molecular weight is 578 g/mol. The van der Waals surface area contributed by atoms with Crippen molar-refractivity contribution in [3.8, 4) is 0 Å². The van der Waals surface area contributed by atoms with Crippen LogP contribution in [-0.2, 0) is 10.4 Å². The Morgan fingerprint density at radius 3 is 0.469 bits per heavy atom. The van der Waals surface area contributed by atoms with Gasteiger partial charge in [-0.15, -0.1) is 0 Å². The van der Waals surface area contributed by atoms with E-state index in [0.29, 0.717) is 0 Å². The molecule has 0 saturated carbocycles. The molecule has 0 heterocycles. The van der Waals surface area contributed by atoms with Gasteiger partial charge in [-0.2, -0.15) is 0 Å². The summed E-state index contributed by atoms with van der Waals surface area (Å²) in [6.45, 7) is 46.8. The Hall–Kier alpha value is 2.09. The summed E-state index contributed by atoms with van der Waals surface area (Å²) in [5, 5.41) is 0. The van der Waals surface area contributed by atoms with Crippen LogP contribution in [0, 0.1) is 0 Å². The van der Waals surface area contributed by atoms with Crippen molar-refractivity contribution < 1.29 is 10.4 Å². The molecular weight excluding hydrogens is 512 g/mol. The van der Waals surface area contributed by atoms with Crippen LogP contribution in [0.3, 0.4) is 0 Å². The molecule has 0 aliphatic carbocycles. The van der Waals surface area contributed by atoms with Crippen molar-refractivity contribution in [2.24, 2.45) is 0 Å². The topological polar surface area (TPSA) is 0 Å². The van der Waals surface area contributed by atoms with E-state index in [1.54, 1.807) is 0 Å². The summed E-state index contributed by atoms with van der Waals surface area (Å²) in [6, 6.07) is 0. The van der Waals surface area contributed by atoms with E-state index in [4.69, 9.17) is 10.1 Å². The maximum atomic E-state index is 9.16. The van der Waals surface area contributed by atoms with Crippen molar-refractivity contribution in [3.05, 3.63) is 0 Å². The molecule has 0 amide bonds. The van der Waals surface area contributed by atoms with Gasteiger partial charge in [0.15, 0.2) is 0 Å². The fourth-order valence-electron chi connectivity index (χ4n) is 9.14. The molecule has 0 aromatic carbocycles. The van der Waals surface area contributed by atoms with Gasteiger partial charge in [-0.25, -0.2) is 0 Å². The van der Waals surface area contributed by atoms with Gasteiger partial charge in [-0.1, -0.05) is 0 Å². The van der Waals surface area contributed by atoms with Crippen molar-refractivity contribution >= 4 is 28.1 Å². The second kappa shape index (κ2) is 12.1. The third-order valence-electron chi connectivity index (χ3n) is 8.93. The van der Waals surface area contributed by atoms with E-state index in [9.17, 15) is 0 Å². The Bertz CT molecular complexity index is 435. The summed E-state index contributed by atoms with van der Waals surface area (Å²) < 4.78 is 0. The zero-order chi connectivity index (χ0) is 26.2. The molecule has 0 aromatic rings. The van der Waals surface area contributed by atoms with Crippen LogP contribution in [0.1, 0.15) is 125 Å². The number of rotatable bonds is 12. The zero-order valence-corrected chi connectivity index (χ0v) is 30.2. The Morgan fingerprint density at radius 2 is 0.406 bits per heavy atom. The molecule has 0 aliphatic rings. The Kier molecular flexibility index (Phi) is 12.9. The van der Waals surface area contributed by atoms with E-state index in [2.05, 4.69) is 125 Å². The molecule has 205 valence electrons. The Balaban J connectivity index is 8.62. The fourth-order valence-corrected chi connectivity index (χ4v) is 134. The average Bonchev–Trinajstić information content (AvgIpc) is 2.52. The fraction of sp³-hybridized carbons (Fsp3) is 1.00. The molecular formula is C27H66ClCoP3. The summed E-state index contributed by atoms with van der Waals surface area (Å²) >= 11 is 0. The normalized spacial score (nSPS) is 19.4. The van der Waals surface area contributed by atoms with Crippen molar-refractivity contribution in [1.29, 1.82) is 0 Å². The van der Waals surface area contributed by atoms with Crippen LogP contribution >= 0.6 is 28.1 Å². The van der Waals surface area contributed by atoms with E-state index in [0.717, 1.165) is 50.9 Å². The summed E-state index contributed by atoms with van der Waals surface area (Å²) in [5.74, 6) is -5.79. The molecule has 0 radical (unpaired) electrons. The third-order valence-corrected chi connectivity index (χ3v) is 83.7. The number of halogens is 1. The van der Waals surface area contributed by atoms with E-state index in [-0.39, 0.29) is 0 Å². The summed E-state index contributed by atoms with van der Waals surface area (Å²) in [7, 11) is 7.38. The molecule has 0 nitrogen and oxygen atoms in total. The third kappa shape index (κ3) is 4.49. The summed E-state index contributed by atoms with van der Waals surface area (Å²) in [6.07, 6.45) is 0. The molecule has 32 heavy (non-hydrogen) atoms. The monoisotopic (exact) mass is 577 g/mol. The standard InChI is InChI=1S/3C9H21P.ClH.Co/c3*1-7(2)10(8(3)4)9(5)6;;/h3*7-9H,1-6H3;1H;/q;;;;-2/p+2. The first-order valence-corrected chi connectivity index (χ1v) is 25.9. The molecule has 0 aliphatic heterocycles. The van der Waals surface area contributed by atoms with Gasteiger partial charge in [0, 0.05) is 0 Å². The minimum absolute atomic E-state index is 0.735. The van der Waals surface area contributed by atoms with Gasteiger partial charge in [0.25, 0.3) is 0 Å². The SMILES string of the molecule is CC(C)[PH](C(C)C)(C(C)C)[Co]([Cl])([PH](C(C)C)(C(C)C)C(C)C)[PH](C(C)C)(C(C)C)C(C)C. The van der Waals surface area contributed by atoms with Crippen LogP contribution in [-0.4, -0.2) is 50.9 Å². The van der Waals surface area contributed by atoms with Crippen molar-refractivity contribution in [2.45, 2.75) is 176 Å². The predicted octanol–water partition coefficient (Wildman–Crippen LogP) is 11.0. The predicted molar refractivity (Wildman–Crippen MR) is 167 cm³/mol. The van der Waals surface area contributed by atoms with Crippen LogP contribution in [0.15, 0.2) is 0 Å². The van der Waals surface area contributed by atoms with Crippen LogP contribution < -0.4 is 0 Å². The first kappa shape index (κ1) is 34.1. The van der Waals surface area contributed by atoms with Gasteiger partial charge >= 0.3 is 214 Å². The Morgan fingerprint density at radius 1 is 0.312 bits per heavy atom. The molecule has 0 saturated heterocycles. The zero-order valence-electron chi connectivity index (χ0n) is 25.4. The van der Waals surface area contributed by atoms with E-state index >= 15 is 0 Å². The van der Waals surface area contributed by atoms with Crippen molar-refractivity contribution in [2.75, 3.05) is 0 Å². The number of hydrogen-bond acceptors (Lipinski definition) is 0. The first-order valence-electron chi connectivity index (χ1n) is 13.6. The van der Waals surface area contributed by atoms with Crippen LogP contribution in [0.4, 0.5) is 0 Å². The van der Waals surface area contributed by atoms with Crippen LogP contribution in [0.25, 0.3) is 0 Å². The molecule has 0 unspecified atom stereocenters. The Labute approximate surface area is 213 Å². The molecule has 0 bridgehead atoms. The maximum absolute atomic E-state index is 9.16. The van der Waals surface area contributed by atoms with Crippen LogP contribution in [0.5, 0.6) is 0 Å². The van der Waals surface area contributed by atoms with Gasteiger partial charge in [0.2, 0.25) is 0 Å². The molecule has 0 atom stereocenters. The quantitative estimate of drug-likeness (QED) is 0.202. The molecule has 0 N–H and O–H groups in total. The summed E-state index contributed by atoms with van der Waals surface area (Å²) in [4.78, 5) is 0. The molecule has 0 fully saturated rings. The number of hydrogen-bond donors (Lipinski definition) is 0. The first-order chi connectivity index (χ1) is 14.2. The minimum atomic E-state index is -1.93. The van der Waals surface area contributed by atoms with Gasteiger partial charge in [-0.3, -0.25) is 0 Å². The van der Waals surface area contributed by atoms with Crippen molar-refractivity contribution in [1.82, 2.24) is 0 Å². The summed E-state index contributed by atoms with van der Waals surface area (Å²) in [5.41, 5.74) is 6.61. The molecule has 0 rings (SSSR count). The second-order valence-corrected chi connectivity index (χ2v) is 52.3. The van der Waals surface area contributed by atoms with E-state index < -0.39 is 28.4 Å². The van der Waals surface area contributed by atoms with E-state index in [1.807, 2.05) is 0 Å². The molecule has 0 spiro atoms. The van der Waals surface area contributed by atoms with Crippen LogP contribution in [0.2, 0.25) is 0 Å². The van der Waals surface area contributed by atoms with Gasteiger partial charge in [-0.05, 0) is 0 Å².